The normalized spacial score (nSPS) is 11.8. The summed E-state index contributed by atoms with van der Waals surface area (Å²) in [5, 5.41) is 13.3. The van der Waals surface area contributed by atoms with Crippen LogP contribution < -0.4 is 5.43 Å². The van der Waals surface area contributed by atoms with Gasteiger partial charge in [-0.15, -0.1) is 10.2 Å². The van der Waals surface area contributed by atoms with Crippen molar-refractivity contribution in [1.29, 1.82) is 0 Å². The highest BCUT2D eigenvalue weighted by molar-refractivity contribution is 9.10. The molecule has 0 saturated heterocycles. The molecule has 0 saturated carbocycles. The molecule has 0 atom stereocenters. The molecule has 33 heavy (non-hydrogen) atoms. The van der Waals surface area contributed by atoms with Gasteiger partial charge in [-0.25, -0.2) is 5.43 Å². The van der Waals surface area contributed by atoms with Crippen LogP contribution in [-0.4, -0.2) is 37.6 Å². The van der Waals surface area contributed by atoms with E-state index in [2.05, 4.69) is 41.6 Å². The average Bonchev–Trinajstić information content (AvgIpc) is 3.49. The van der Waals surface area contributed by atoms with Crippen LogP contribution in [0, 0.1) is 0 Å². The van der Waals surface area contributed by atoms with Gasteiger partial charge in [-0.3, -0.25) is 14.3 Å². The van der Waals surface area contributed by atoms with Crippen molar-refractivity contribution in [3.8, 4) is 17.1 Å². The van der Waals surface area contributed by atoms with E-state index in [4.69, 9.17) is 4.42 Å². The summed E-state index contributed by atoms with van der Waals surface area (Å²) in [5.41, 5.74) is 5.14. The summed E-state index contributed by atoms with van der Waals surface area (Å²) < 4.78 is 8.14. The number of benzene rings is 1. The average molecular weight is 523 g/mol. The lowest BCUT2D eigenvalue weighted by molar-refractivity contribution is -0.118. The van der Waals surface area contributed by atoms with Crippen LogP contribution in [0.1, 0.15) is 12.7 Å². The van der Waals surface area contributed by atoms with Gasteiger partial charge >= 0.3 is 0 Å². The molecule has 166 valence electrons. The van der Waals surface area contributed by atoms with Crippen LogP contribution in [0.4, 0.5) is 0 Å². The van der Waals surface area contributed by atoms with Gasteiger partial charge in [-0.05, 0) is 67.1 Å². The fourth-order valence-electron chi connectivity index (χ4n) is 2.88. The van der Waals surface area contributed by atoms with Crippen LogP contribution in [-0.2, 0) is 4.79 Å². The second-order valence-electron chi connectivity index (χ2n) is 6.84. The fraction of sp³-hybridized carbons (Fsp3) is 0.0870. The third kappa shape index (κ3) is 6.05. The van der Waals surface area contributed by atoms with Crippen molar-refractivity contribution in [2.24, 2.45) is 5.10 Å². The zero-order chi connectivity index (χ0) is 23.0. The highest BCUT2D eigenvalue weighted by atomic mass is 79.9. The van der Waals surface area contributed by atoms with E-state index in [1.54, 1.807) is 24.9 Å². The van der Waals surface area contributed by atoms with E-state index in [1.165, 1.54) is 11.8 Å². The number of nitrogens with one attached hydrogen (secondary N) is 1. The van der Waals surface area contributed by atoms with E-state index in [9.17, 15) is 4.79 Å². The molecule has 0 aliphatic carbocycles. The highest BCUT2D eigenvalue weighted by Gasteiger charge is 2.17. The number of furan rings is 1. The second-order valence-corrected chi connectivity index (χ2v) is 8.70. The molecule has 1 aromatic carbocycles. The molecule has 10 heteroatoms. The smallest absolute Gasteiger partial charge is 0.250 e. The van der Waals surface area contributed by atoms with Crippen LogP contribution in [0.5, 0.6) is 0 Å². The number of hydrogen-bond acceptors (Lipinski definition) is 7. The second kappa shape index (κ2) is 10.9. The number of aromatic nitrogens is 4. The molecule has 0 unspecified atom stereocenters. The third-order valence-corrected chi connectivity index (χ3v) is 5.82. The predicted molar refractivity (Wildman–Crippen MR) is 132 cm³/mol. The van der Waals surface area contributed by atoms with E-state index in [-0.39, 0.29) is 11.7 Å². The van der Waals surface area contributed by atoms with Gasteiger partial charge in [0.1, 0.15) is 5.76 Å². The number of halogens is 1. The van der Waals surface area contributed by atoms with Crippen LogP contribution in [0.25, 0.3) is 23.2 Å². The maximum atomic E-state index is 12.3. The molecular formula is C23H19BrN6O2S. The Labute approximate surface area is 203 Å². The molecule has 1 N–H and O–H groups in total. The molecular weight excluding hydrogens is 504 g/mol. The Morgan fingerprint density at radius 3 is 2.70 bits per heavy atom. The van der Waals surface area contributed by atoms with Crippen molar-refractivity contribution in [3.63, 3.8) is 0 Å². The molecule has 0 aliphatic rings. The summed E-state index contributed by atoms with van der Waals surface area (Å²) in [5.74, 6) is 1.26. The van der Waals surface area contributed by atoms with Crippen molar-refractivity contribution in [2.45, 2.75) is 12.1 Å². The number of hydrazone groups is 1. The minimum Gasteiger partial charge on any atom is -0.465 e. The van der Waals surface area contributed by atoms with E-state index in [0.29, 0.717) is 11.0 Å². The summed E-state index contributed by atoms with van der Waals surface area (Å²) in [4.78, 5) is 16.4. The first-order valence-corrected chi connectivity index (χ1v) is 11.7. The number of allylic oxidation sites excluding steroid dienone is 1. The molecule has 0 spiro atoms. The topological polar surface area (TPSA) is 98.2 Å². The standard InChI is InChI=1S/C23H19BrN6O2S/c1-16(13-20-3-2-12-32-20)14-26-27-21(31)15-33-23-29-28-22(17-8-10-25-11-9-17)30(23)19-6-4-18(24)5-7-19/h2-14H,15H2,1H3,(H,27,31)/b16-13+,26-14+. The first-order chi connectivity index (χ1) is 16.1. The summed E-state index contributed by atoms with van der Waals surface area (Å²) in [6.45, 7) is 1.87. The SMILES string of the molecule is CC(/C=N/NC(=O)CSc1nnc(-c2ccncc2)n1-c1ccc(Br)cc1)=C\c1ccco1. The lowest BCUT2D eigenvalue weighted by Crippen LogP contribution is -2.20. The number of rotatable bonds is 8. The minimum atomic E-state index is -0.252. The van der Waals surface area contributed by atoms with Crippen molar-refractivity contribution in [2.75, 3.05) is 5.75 Å². The molecule has 3 heterocycles. The van der Waals surface area contributed by atoms with Gasteiger partial charge in [-0.2, -0.15) is 5.10 Å². The number of nitrogens with zero attached hydrogens (tertiary/aromatic N) is 5. The fourth-order valence-corrected chi connectivity index (χ4v) is 3.89. The Morgan fingerprint density at radius 2 is 1.97 bits per heavy atom. The molecule has 4 aromatic rings. The maximum Gasteiger partial charge on any atom is 0.250 e. The molecule has 3 aromatic heterocycles. The number of carbonyl (C=O) groups is 1. The van der Waals surface area contributed by atoms with Gasteiger partial charge in [0.05, 0.1) is 18.2 Å². The molecule has 8 nitrogen and oxygen atoms in total. The summed E-state index contributed by atoms with van der Waals surface area (Å²) in [7, 11) is 0. The van der Waals surface area contributed by atoms with Crippen molar-refractivity contribution in [3.05, 3.63) is 83.0 Å². The van der Waals surface area contributed by atoms with E-state index >= 15 is 0 Å². The van der Waals surface area contributed by atoms with Gasteiger partial charge in [0, 0.05) is 28.1 Å². The van der Waals surface area contributed by atoms with Crippen molar-refractivity contribution < 1.29 is 9.21 Å². The molecule has 1 amide bonds. The number of carbonyl (C=O) groups excluding carboxylic acids is 1. The Morgan fingerprint density at radius 1 is 1.18 bits per heavy atom. The molecule has 0 radical (unpaired) electrons. The van der Waals surface area contributed by atoms with Crippen LogP contribution in [0.2, 0.25) is 0 Å². The largest absolute Gasteiger partial charge is 0.465 e. The Balaban J connectivity index is 1.46. The van der Waals surface area contributed by atoms with E-state index in [0.717, 1.165) is 27.1 Å². The summed E-state index contributed by atoms with van der Waals surface area (Å²) in [6, 6.07) is 15.2. The van der Waals surface area contributed by atoms with Gasteiger partial charge < -0.3 is 4.42 Å². The van der Waals surface area contributed by atoms with Gasteiger partial charge in [0.2, 0.25) is 0 Å². The molecule has 4 rings (SSSR count). The number of amides is 1. The third-order valence-electron chi connectivity index (χ3n) is 4.36. The maximum absolute atomic E-state index is 12.3. The van der Waals surface area contributed by atoms with Gasteiger partial charge in [0.15, 0.2) is 11.0 Å². The van der Waals surface area contributed by atoms with E-state index < -0.39 is 0 Å². The number of thioether (sulfide) groups is 1. The quantitative estimate of drug-likeness (QED) is 0.199. The monoisotopic (exact) mass is 522 g/mol. The Hall–Kier alpha value is -3.50. The molecule has 0 fully saturated rings. The Bertz CT molecular complexity index is 1270. The first-order valence-electron chi connectivity index (χ1n) is 9.88. The Kier molecular flexibility index (Phi) is 7.48. The zero-order valence-electron chi connectivity index (χ0n) is 17.6. The van der Waals surface area contributed by atoms with Crippen LogP contribution in [0.15, 0.2) is 91.9 Å². The lowest BCUT2D eigenvalue weighted by atomic mass is 10.2. The van der Waals surface area contributed by atoms with Crippen LogP contribution in [0.3, 0.4) is 0 Å². The predicted octanol–water partition coefficient (Wildman–Crippen LogP) is 4.98. The molecule has 0 bridgehead atoms. The molecule has 0 aliphatic heterocycles. The minimum absolute atomic E-state index is 0.128. The van der Waals surface area contributed by atoms with E-state index in [1.807, 2.05) is 66.1 Å². The summed E-state index contributed by atoms with van der Waals surface area (Å²) >= 11 is 4.74. The number of hydrogen-bond donors (Lipinski definition) is 1. The van der Waals surface area contributed by atoms with Crippen molar-refractivity contribution >= 4 is 45.9 Å². The van der Waals surface area contributed by atoms with Crippen LogP contribution >= 0.6 is 27.7 Å². The lowest BCUT2D eigenvalue weighted by Gasteiger charge is -2.10. The summed E-state index contributed by atoms with van der Waals surface area (Å²) in [6.07, 6.45) is 8.40. The number of pyridine rings is 1. The van der Waals surface area contributed by atoms with Crippen molar-refractivity contribution in [1.82, 2.24) is 25.2 Å². The highest BCUT2D eigenvalue weighted by Crippen LogP contribution is 2.28. The first kappa shape index (κ1) is 22.7. The van der Waals surface area contributed by atoms with Gasteiger partial charge in [0.25, 0.3) is 5.91 Å². The van der Waals surface area contributed by atoms with Gasteiger partial charge in [-0.1, -0.05) is 27.7 Å². The zero-order valence-corrected chi connectivity index (χ0v) is 20.0.